The molecule has 0 radical (unpaired) electrons. The fraction of sp³-hybridized carbons (Fsp3) is 0.462. The van der Waals surface area contributed by atoms with E-state index in [9.17, 15) is 4.39 Å². The van der Waals surface area contributed by atoms with Crippen molar-refractivity contribution in [1.29, 1.82) is 0 Å². The molecule has 0 saturated carbocycles. The highest BCUT2D eigenvalue weighted by Gasteiger charge is 2.35. The van der Waals surface area contributed by atoms with Gasteiger partial charge in [-0.3, -0.25) is 0 Å². The number of hydrogen-bond donors (Lipinski definition) is 0. The van der Waals surface area contributed by atoms with E-state index in [4.69, 9.17) is 27.9 Å². The predicted molar refractivity (Wildman–Crippen MR) is 73.3 cm³/mol. The Balaban J connectivity index is 2.29. The Morgan fingerprint density at radius 1 is 1.53 bits per heavy atom. The Hall–Kier alpha value is -0.840. The minimum atomic E-state index is -0.445. The lowest BCUT2D eigenvalue weighted by Gasteiger charge is -2.26. The number of ether oxygens (including phenoxy) is 1. The lowest BCUT2D eigenvalue weighted by molar-refractivity contribution is 0.162. The fourth-order valence-electron chi connectivity index (χ4n) is 2.65. The van der Waals surface area contributed by atoms with Gasteiger partial charge in [0.25, 0.3) is 0 Å². The Kier molecular flexibility index (Phi) is 3.20. The number of aromatic nitrogens is 2. The molecule has 3 rings (SSSR count). The molecule has 0 amide bonds. The van der Waals surface area contributed by atoms with Crippen LogP contribution in [0.3, 0.4) is 0 Å². The third-order valence-corrected chi connectivity index (χ3v) is 4.15. The average Bonchev–Trinajstić information content (AvgIpc) is 2.94. The number of nitrogens with zero attached hydrogens (tertiary/aromatic N) is 2. The maximum Gasteiger partial charge on any atom is 0.144 e. The topological polar surface area (TPSA) is 27.1 Å². The smallest absolute Gasteiger partial charge is 0.144 e. The highest BCUT2D eigenvalue weighted by Crippen LogP contribution is 2.34. The van der Waals surface area contributed by atoms with E-state index in [1.54, 1.807) is 0 Å². The summed E-state index contributed by atoms with van der Waals surface area (Å²) in [5.41, 5.74) is 1.14. The highest BCUT2D eigenvalue weighted by molar-refractivity contribution is 6.31. The molecule has 0 spiro atoms. The van der Waals surface area contributed by atoms with Crippen LogP contribution in [0.2, 0.25) is 5.02 Å². The van der Waals surface area contributed by atoms with Crippen LogP contribution in [-0.2, 0) is 16.2 Å². The molecule has 3 nitrogen and oxygen atoms in total. The van der Waals surface area contributed by atoms with Crippen molar-refractivity contribution in [3.63, 3.8) is 0 Å². The molecule has 2 aromatic rings. The average molecular weight is 303 g/mol. The molecule has 0 bridgehead atoms. The van der Waals surface area contributed by atoms with Crippen molar-refractivity contribution in [2.45, 2.75) is 24.8 Å². The number of fused-ring (bicyclic) bond motifs is 1. The predicted octanol–water partition coefficient (Wildman–Crippen LogP) is 3.70. The lowest BCUT2D eigenvalue weighted by Crippen LogP contribution is -2.31. The maximum absolute atomic E-state index is 13.7. The second-order valence-corrected chi connectivity index (χ2v) is 5.73. The van der Waals surface area contributed by atoms with Gasteiger partial charge in [-0.15, -0.1) is 11.6 Å². The number of imidazole rings is 1. The van der Waals surface area contributed by atoms with Crippen LogP contribution in [-0.4, -0.2) is 22.8 Å². The molecule has 1 fully saturated rings. The number of alkyl halides is 1. The Morgan fingerprint density at radius 2 is 2.32 bits per heavy atom. The molecule has 6 heteroatoms. The first-order chi connectivity index (χ1) is 9.05. The van der Waals surface area contributed by atoms with E-state index in [0.717, 1.165) is 6.42 Å². The summed E-state index contributed by atoms with van der Waals surface area (Å²) in [6.07, 6.45) is 0.854. The fourth-order valence-corrected chi connectivity index (χ4v) is 2.98. The standard InChI is InChI=1S/C13H13Cl2FN2O/c1-13(2-3-19-7-13)18-11-5-9(16)8(15)4-10(11)17-12(18)6-14/h4-5H,2-3,6-7H2,1H3. The molecule has 0 N–H and O–H groups in total. The van der Waals surface area contributed by atoms with E-state index in [0.29, 0.717) is 30.1 Å². The molecule has 1 aromatic carbocycles. The minimum Gasteiger partial charge on any atom is -0.379 e. The molecule has 0 aliphatic carbocycles. The van der Waals surface area contributed by atoms with Gasteiger partial charge >= 0.3 is 0 Å². The molecule has 1 aliphatic rings. The van der Waals surface area contributed by atoms with Gasteiger partial charge in [0.2, 0.25) is 0 Å². The molecule has 1 aromatic heterocycles. The van der Waals surface area contributed by atoms with Crippen molar-refractivity contribution in [3.8, 4) is 0 Å². The van der Waals surface area contributed by atoms with Gasteiger partial charge in [-0.05, 0) is 19.4 Å². The van der Waals surface area contributed by atoms with Crippen LogP contribution >= 0.6 is 23.2 Å². The van der Waals surface area contributed by atoms with Crippen LogP contribution in [0.4, 0.5) is 4.39 Å². The summed E-state index contributed by atoms with van der Waals surface area (Å²) >= 11 is 11.8. The molecular formula is C13H13Cl2FN2O. The summed E-state index contributed by atoms with van der Waals surface area (Å²) in [6, 6.07) is 2.96. The second-order valence-electron chi connectivity index (χ2n) is 5.05. The van der Waals surface area contributed by atoms with E-state index in [-0.39, 0.29) is 16.4 Å². The summed E-state index contributed by atoms with van der Waals surface area (Å²) in [5.74, 6) is 0.536. The van der Waals surface area contributed by atoms with Gasteiger partial charge < -0.3 is 9.30 Å². The first kappa shape index (κ1) is 13.2. The monoisotopic (exact) mass is 302 g/mol. The Bertz CT molecular complexity index is 635. The zero-order valence-electron chi connectivity index (χ0n) is 10.4. The van der Waals surface area contributed by atoms with Gasteiger partial charge in [-0.1, -0.05) is 11.6 Å². The zero-order chi connectivity index (χ0) is 13.6. The third-order valence-electron chi connectivity index (χ3n) is 3.62. The quantitative estimate of drug-likeness (QED) is 0.791. The summed E-state index contributed by atoms with van der Waals surface area (Å²) < 4.78 is 21.2. The first-order valence-electron chi connectivity index (χ1n) is 6.06. The summed E-state index contributed by atoms with van der Waals surface area (Å²) in [5, 5.41) is 0.0751. The van der Waals surface area contributed by atoms with Crippen molar-refractivity contribution in [1.82, 2.24) is 9.55 Å². The van der Waals surface area contributed by atoms with Crippen molar-refractivity contribution in [2.24, 2.45) is 0 Å². The Morgan fingerprint density at radius 3 is 2.95 bits per heavy atom. The lowest BCUT2D eigenvalue weighted by atomic mass is 10.0. The zero-order valence-corrected chi connectivity index (χ0v) is 11.9. The van der Waals surface area contributed by atoms with Crippen LogP contribution in [0.15, 0.2) is 12.1 Å². The summed E-state index contributed by atoms with van der Waals surface area (Å²) in [6.45, 7) is 3.34. The van der Waals surface area contributed by atoms with Gasteiger partial charge in [-0.25, -0.2) is 9.37 Å². The molecule has 102 valence electrons. The van der Waals surface area contributed by atoms with Gasteiger partial charge in [-0.2, -0.15) is 0 Å². The number of hydrogen-bond acceptors (Lipinski definition) is 2. The van der Waals surface area contributed by atoms with Crippen LogP contribution < -0.4 is 0 Å². The largest absolute Gasteiger partial charge is 0.379 e. The van der Waals surface area contributed by atoms with E-state index in [1.807, 2.05) is 4.57 Å². The third kappa shape index (κ3) is 2.02. The molecule has 1 unspecified atom stereocenters. The Labute approximate surface area is 120 Å². The first-order valence-corrected chi connectivity index (χ1v) is 6.97. The summed E-state index contributed by atoms with van der Waals surface area (Å²) in [4.78, 5) is 4.45. The van der Waals surface area contributed by atoms with Crippen LogP contribution in [0.1, 0.15) is 19.2 Å². The van der Waals surface area contributed by atoms with Crippen LogP contribution in [0.25, 0.3) is 11.0 Å². The van der Waals surface area contributed by atoms with Crippen molar-refractivity contribution < 1.29 is 9.13 Å². The highest BCUT2D eigenvalue weighted by atomic mass is 35.5. The minimum absolute atomic E-state index is 0.0751. The molecule has 19 heavy (non-hydrogen) atoms. The molecule has 2 heterocycles. The van der Waals surface area contributed by atoms with Crippen LogP contribution in [0.5, 0.6) is 0 Å². The van der Waals surface area contributed by atoms with Gasteiger partial charge in [0.15, 0.2) is 0 Å². The number of benzene rings is 1. The van der Waals surface area contributed by atoms with Crippen molar-refractivity contribution in [3.05, 3.63) is 28.8 Å². The summed E-state index contributed by atoms with van der Waals surface area (Å²) in [7, 11) is 0. The van der Waals surface area contributed by atoms with Gasteiger partial charge in [0, 0.05) is 12.7 Å². The van der Waals surface area contributed by atoms with E-state index in [2.05, 4.69) is 11.9 Å². The molecule has 1 saturated heterocycles. The normalized spacial score (nSPS) is 23.4. The van der Waals surface area contributed by atoms with Crippen LogP contribution in [0, 0.1) is 5.82 Å². The number of rotatable bonds is 2. The van der Waals surface area contributed by atoms with E-state index < -0.39 is 5.82 Å². The molecular weight excluding hydrogens is 290 g/mol. The van der Waals surface area contributed by atoms with Crippen molar-refractivity contribution >= 4 is 34.2 Å². The SMILES string of the molecule is CC1(n2c(CCl)nc3cc(Cl)c(F)cc32)CCOC1. The molecule has 1 aliphatic heterocycles. The van der Waals surface area contributed by atoms with Gasteiger partial charge in [0.05, 0.1) is 34.1 Å². The van der Waals surface area contributed by atoms with Gasteiger partial charge in [0.1, 0.15) is 11.6 Å². The molecule has 1 atom stereocenters. The number of halogens is 3. The maximum atomic E-state index is 13.7. The van der Waals surface area contributed by atoms with E-state index in [1.165, 1.54) is 12.1 Å². The van der Waals surface area contributed by atoms with Crippen molar-refractivity contribution in [2.75, 3.05) is 13.2 Å². The van der Waals surface area contributed by atoms with E-state index >= 15 is 0 Å². The second kappa shape index (κ2) is 4.62.